The van der Waals surface area contributed by atoms with Gasteiger partial charge >= 0.3 is 0 Å². The fourth-order valence-electron chi connectivity index (χ4n) is 2.78. The van der Waals surface area contributed by atoms with E-state index in [0.29, 0.717) is 19.3 Å². The zero-order chi connectivity index (χ0) is 19.4. The average molecular weight is 389 g/mol. The molecule has 0 spiro atoms. The Labute approximate surface area is 165 Å². The van der Waals surface area contributed by atoms with Crippen molar-refractivity contribution in [3.05, 3.63) is 39.8 Å². The van der Waals surface area contributed by atoms with Crippen LogP contribution in [0.4, 0.5) is 0 Å². The molecule has 2 heterocycles. The summed E-state index contributed by atoms with van der Waals surface area (Å²) in [4.78, 5) is 8.98. The molecule has 27 heavy (non-hydrogen) atoms. The summed E-state index contributed by atoms with van der Waals surface area (Å²) in [6.45, 7) is 10.4. The van der Waals surface area contributed by atoms with Crippen molar-refractivity contribution in [1.82, 2.24) is 15.6 Å². The van der Waals surface area contributed by atoms with Crippen LogP contribution in [0.2, 0.25) is 0 Å². The van der Waals surface area contributed by atoms with E-state index in [2.05, 4.69) is 65.8 Å². The predicted molar refractivity (Wildman–Crippen MR) is 110 cm³/mol. The summed E-state index contributed by atoms with van der Waals surface area (Å²) in [7, 11) is 1.78. The number of aliphatic imine (C=N–C) groups is 1. The topological polar surface area (TPSA) is 67.8 Å². The number of fused-ring (bicyclic) bond motifs is 1. The highest BCUT2D eigenvalue weighted by atomic mass is 32.1. The molecule has 1 aliphatic heterocycles. The monoisotopic (exact) mass is 388 g/mol. The van der Waals surface area contributed by atoms with E-state index >= 15 is 0 Å². The Morgan fingerprint density at radius 3 is 2.74 bits per heavy atom. The third-order valence-corrected chi connectivity index (χ3v) is 5.51. The van der Waals surface area contributed by atoms with Gasteiger partial charge in [0.05, 0.1) is 12.2 Å². The molecule has 1 aliphatic rings. The van der Waals surface area contributed by atoms with E-state index in [1.807, 2.05) is 6.07 Å². The first kappa shape index (κ1) is 19.5. The molecule has 1 aromatic carbocycles. The van der Waals surface area contributed by atoms with Gasteiger partial charge in [-0.25, -0.2) is 4.98 Å². The maximum Gasteiger partial charge on any atom is 0.231 e. The second-order valence-electron chi connectivity index (χ2n) is 7.55. The fourth-order valence-corrected chi connectivity index (χ4v) is 3.67. The molecule has 2 aromatic rings. The van der Waals surface area contributed by atoms with Crippen molar-refractivity contribution in [2.45, 2.75) is 45.6 Å². The van der Waals surface area contributed by atoms with Gasteiger partial charge in [-0.1, -0.05) is 33.8 Å². The Morgan fingerprint density at radius 1 is 1.26 bits per heavy atom. The minimum Gasteiger partial charge on any atom is -0.454 e. The van der Waals surface area contributed by atoms with E-state index in [9.17, 15) is 0 Å². The van der Waals surface area contributed by atoms with Gasteiger partial charge in [-0.3, -0.25) is 4.99 Å². The lowest BCUT2D eigenvalue weighted by Crippen LogP contribution is -2.43. The first-order valence-electron chi connectivity index (χ1n) is 9.18. The summed E-state index contributed by atoms with van der Waals surface area (Å²) in [5.74, 6) is 2.84. The number of ether oxygens (including phenoxy) is 2. The van der Waals surface area contributed by atoms with Crippen molar-refractivity contribution < 1.29 is 9.47 Å². The molecule has 1 aromatic heterocycles. The van der Waals surface area contributed by atoms with E-state index in [0.717, 1.165) is 34.7 Å². The standard InChI is InChI=1S/C20H28N4O2S/c1-13(2)15-10-27-18(24-15)9-22-19(21-5)23-11-20(3,4)14-6-7-16-17(8-14)26-12-25-16/h6-8,10,13H,9,11-12H2,1-5H3,(H2,21,22,23). The Morgan fingerprint density at radius 2 is 2.04 bits per heavy atom. The molecule has 3 rings (SSSR count). The van der Waals surface area contributed by atoms with E-state index in [-0.39, 0.29) is 5.41 Å². The third kappa shape index (κ3) is 4.71. The zero-order valence-corrected chi connectivity index (χ0v) is 17.4. The number of hydrogen-bond donors (Lipinski definition) is 2. The van der Waals surface area contributed by atoms with Crippen LogP contribution in [-0.2, 0) is 12.0 Å². The number of rotatable bonds is 6. The lowest BCUT2D eigenvalue weighted by molar-refractivity contribution is 0.174. The Hall–Kier alpha value is -2.28. The molecule has 0 amide bonds. The molecule has 6 nitrogen and oxygen atoms in total. The molecule has 0 saturated heterocycles. The van der Waals surface area contributed by atoms with Crippen LogP contribution in [-0.4, -0.2) is 31.3 Å². The van der Waals surface area contributed by atoms with Crippen molar-refractivity contribution in [2.24, 2.45) is 4.99 Å². The van der Waals surface area contributed by atoms with Crippen LogP contribution < -0.4 is 20.1 Å². The highest BCUT2D eigenvalue weighted by molar-refractivity contribution is 7.09. The molecular weight excluding hydrogens is 360 g/mol. The molecule has 0 radical (unpaired) electrons. The van der Waals surface area contributed by atoms with Gasteiger partial charge in [0.15, 0.2) is 17.5 Å². The molecule has 7 heteroatoms. The van der Waals surface area contributed by atoms with Crippen molar-refractivity contribution in [3.63, 3.8) is 0 Å². The zero-order valence-electron chi connectivity index (χ0n) is 16.6. The largest absolute Gasteiger partial charge is 0.454 e. The second-order valence-corrected chi connectivity index (χ2v) is 8.49. The summed E-state index contributed by atoms with van der Waals surface area (Å²) >= 11 is 1.68. The maximum atomic E-state index is 5.50. The van der Waals surface area contributed by atoms with E-state index in [1.54, 1.807) is 18.4 Å². The van der Waals surface area contributed by atoms with Gasteiger partial charge in [-0.15, -0.1) is 11.3 Å². The normalized spacial score (nSPS) is 13.9. The summed E-state index contributed by atoms with van der Waals surface area (Å²) in [5.41, 5.74) is 2.24. The van der Waals surface area contributed by atoms with Crippen LogP contribution in [0.3, 0.4) is 0 Å². The summed E-state index contributed by atoms with van der Waals surface area (Å²) in [5, 5.41) is 9.96. The van der Waals surface area contributed by atoms with Crippen LogP contribution in [0.5, 0.6) is 11.5 Å². The highest BCUT2D eigenvalue weighted by Gasteiger charge is 2.24. The number of nitrogens with zero attached hydrogens (tertiary/aromatic N) is 2. The first-order chi connectivity index (χ1) is 12.9. The SMILES string of the molecule is CN=C(NCc1nc(C(C)C)cs1)NCC(C)(C)c1ccc2c(c1)OCO2. The minimum atomic E-state index is -0.0927. The van der Waals surface area contributed by atoms with Gasteiger partial charge in [0.1, 0.15) is 5.01 Å². The molecule has 146 valence electrons. The Kier molecular flexibility index (Phi) is 5.89. The molecule has 0 bridgehead atoms. The van der Waals surface area contributed by atoms with E-state index < -0.39 is 0 Å². The third-order valence-electron chi connectivity index (χ3n) is 4.64. The van der Waals surface area contributed by atoms with Gasteiger partial charge in [-0.2, -0.15) is 0 Å². The molecule has 0 saturated carbocycles. The number of nitrogens with one attached hydrogen (secondary N) is 2. The van der Waals surface area contributed by atoms with Crippen molar-refractivity contribution >= 4 is 17.3 Å². The molecule has 2 N–H and O–H groups in total. The van der Waals surface area contributed by atoms with E-state index in [1.165, 1.54) is 5.56 Å². The van der Waals surface area contributed by atoms with Crippen molar-refractivity contribution in [3.8, 4) is 11.5 Å². The van der Waals surface area contributed by atoms with Crippen molar-refractivity contribution in [2.75, 3.05) is 20.4 Å². The number of thiazole rings is 1. The van der Waals surface area contributed by atoms with Crippen LogP contribution in [0, 0.1) is 0 Å². The van der Waals surface area contributed by atoms with Gasteiger partial charge in [0, 0.05) is 24.4 Å². The second kappa shape index (κ2) is 8.17. The smallest absolute Gasteiger partial charge is 0.231 e. The first-order valence-corrected chi connectivity index (χ1v) is 10.1. The maximum absolute atomic E-state index is 5.50. The highest BCUT2D eigenvalue weighted by Crippen LogP contribution is 2.36. The predicted octanol–water partition coefficient (Wildman–Crippen LogP) is 3.64. The average Bonchev–Trinajstić information content (AvgIpc) is 3.30. The molecule has 0 aliphatic carbocycles. The van der Waals surface area contributed by atoms with Crippen LogP contribution in [0.1, 0.15) is 49.9 Å². The number of benzene rings is 1. The lowest BCUT2D eigenvalue weighted by atomic mass is 9.84. The molecule has 0 atom stereocenters. The van der Waals surface area contributed by atoms with Crippen molar-refractivity contribution in [1.29, 1.82) is 0 Å². The number of aromatic nitrogens is 1. The van der Waals surface area contributed by atoms with Gasteiger partial charge < -0.3 is 20.1 Å². The summed E-state index contributed by atoms with van der Waals surface area (Å²) in [6.07, 6.45) is 0. The summed E-state index contributed by atoms with van der Waals surface area (Å²) in [6, 6.07) is 6.12. The quantitative estimate of drug-likeness (QED) is 0.584. The number of guanidine groups is 1. The van der Waals surface area contributed by atoms with Crippen LogP contribution in [0.15, 0.2) is 28.6 Å². The summed E-state index contributed by atoms with van der Waals surface area (Å²) < 4.78 is 10.9. The number of hydrogen-bond acceptors (Lipinski definition) is 5. The lowest BCUT2D eigenvalue weighted by Gasteiger charge is -2.27. The Bertz CT molecular complexity index is 814. The van der Waals surface area contributed by atoms with Gasteiger partial charge in [0.2, 0.25) is 6.79 Å². The van der Waals surface area contributed by atoms with Gasteiger partial charge in [-0.05, 0) is 23.6 Å². The molecule has 0 unspecified atom stereocenters. The molecular formula is C20H28N4O2S. The van der Waals surface area contributed by atoms with Crippen LogP contribution in [0.25, 0.3) is 0 Å². The van der Waals surface area contributed by atoms with Gasteiger partial charge in [0.25, 0.3) is 0 Å². The Balaban J connectivity index is 1.56. The minimum absolute atomic E-state index is 0.0927. The van der Waals surface area contributed by atoms with E-state index in [4.69, 9.17) is 9.47 Å². The van der Waals surface area contributed by atoms with Crippen LogP contribution >= 0.6 is 11.3 Å². The fraction of sp³-hybridized carbons (Fsp3) is 0.500. The molecule has 0 fully saturated rings.